The molecule has 1 aliphatic heterocycles. The van der Waals surface area contributed by atoms with E-state index in [0.29, 0.717) is 27.7 Å². The van der Waals surface area contributed by atoms with Crippen molar-refractivity contribution in [2.45, 2.75) is 30.7 Å². The maximum Gasteiger partial charge on any atom is 0.262 e. The maximum absolute atomic E-state index is 12.8. The molecular weight excluding hydrogens is 460 g/mol. The molecule has 1 aliphatic rings. The van der Waals surface area contributed by atoms with Gasteiger partial charge in [-0.3, -0.25) is 9.59 Å². The summed E-state index contributed by atoms with van der Waals surface area (Å²) in [6.07, 6.45) is 3.55. The number of carbonyl (C=O) groups excluding carboxylic acids is 2. The van der Waals surface area contributed by atoms with Crippen molar-refractivity contribution in [2.24, 2.45) is 0 Å². The third kappa shape index (κ3) is 6.05. The summed E-state index contributed by atoms with van der Waals surface area (Å²) in [6, 6.07) is 21.1. The lowest BCUT2D eigenvalue weighted by Crippen LogP contribution is -2.33. The molecule has 1 heterocycles. The fraction of sp³-hybridized carbons (Fsp3) is 0.214. The van der Waals surface area contributed by atoms with Gasteiger partial charge in [0.15, 0.2) is 11.5 Å². The number of benzene rings is 3. The summed E-state index contributed by atoms with van der Waals surface area (Å²) in [7, 11) is 3.15. The van der Waals surface area contributed by atoms with Gasteiger partial charge in [-0.05, 0) is 67.3 Å². The van der Waals surface area contributed by atoms with Crippen LogP contribution in [0.15, 0.2) is 76.5 Å². The van der Waals surface area contributed by atoms with Crippen molar-refractivity contribution in [3.05, 3.63) is 88.3 Å². The predicted octanol–water partition coefficient (Wildman–Crippen LogP) is 5.54. The quantitative estimate of drug-likeness (QED) is 0.407. The van der Waals surface area contributed by atoms with E-state index in [2.05, 4.69) is 22.8 Å². The van der Waals surface area contributed by atoms with Crippen LogP contribution in [-0.4, -0.2) is 32.1 Å². The van der Waals surface area contributed by atoms with Crippen molar-refractivity contribution in [2.75, 3.05) is 19.5 Å². The summed E-state index contributed by atoms with van der Waals surface area (Å²) in [6.45, 7) is 2.00. The number of aryl methyl sites for hydroxylation is 1. The average Bonchev–Trinajstić information content (AvgIpc) is 2.88. The molecule has 0 saturated heterocycles. The van der Waals surface area contributed by atoms with Gasteiger partial charge in [-0.1, -0.05) is 48.2 Å². The molecule has 6 nitrogen and oxygen atoms in total. The SMILES string of the molecule is COc1ccc(C=C2Sc3ccc(C(=O)NC(C)CCc4ccccc4)cc3NC2=O)cc1OC. The highest BCUT2D eigenvalue weighted by molar-refractivity contribution is 8.04. The van der Waals surface area contributed by atoms with Crippen molar-refractivity contribution >= 4 is 35.3 Å². The Balaban J connectivity index is 1.42. The van der Waals surface area contributed by atoms with E-state index in [4.69, 9.17) is 9.47 Å². The number of fused-ring (bicyclic) bond motifs is 1. The lowest BCUT2D eigenvalue weighted by molar-refractivity contribution is -0.112. The average molecular weight is 489 g/mol. The maximum atomic E-state index is 12.8. The molecule has 3 aromatic rings. The molecular formula is C28H28N2O4S. The van der Waals surface area contributed by atoms with Gasteiger partial charge >= 0.3 is 0 Å². The number of nitrogens with one attached hydrogen (secondary N) is 2. The van der Waals surface area contributed by atoms with E-state index in [1.165, 1.54) is 17.3 Å². The van der Waals surface area contributed by atoms with Crippen LogP contribution in [0.1, 0.15) is 34.8 Å². The molecule has 1 atom stereocenters. The van der Waals surface area contributed by atoms with Crippen molar-refractivity contribution in [3.8, 4) is 11.5 Å². The van der Waals surface area contributed by atoms with E-state index in [0.717, 1.165) is 23.3 Å². The third-order valence-electron chi connectivity index (χ3n) is 5.73. The van der Waals surface area contributed by atoms with Crippen LogP contribution in [0, 0.1) is 0 Å². The van der Waals surface area contributed by atoms with Crippen LogP contribution in [0.2, 0.25) is 0 Å². The summed E-state index contributed by atoms with van der Waals surface area (Å²) in [5, 5.41) is 5.97. The van der Waals surface area contributed by atoms with Gasteiger partial charge in [0.2, 0.25) is 0 Å². The van der Waals surface area contributed by atoms with Crippen molar-refractivity contribution in [3.63, 3.8) is 0 Å². The van der Waals surface area contributed by atoms with Crippen LogP contribution in [-0.2, 0) is 11.2 Å². The van der Waals surface area contributed by atoms with Crippen LogP contribution in [0.25, 0.3) is 6.08 Å². The molecule has 180 valence electrons. The fourth-order valence-electron chi connectivity index (χ4n) is 3.80. The second-order valence-electron chi connectivity index (χ2n) is 8.29. The smallest absolute Gasteiger partial charge is 0.262 e. The molecule has 4 rings (SSSR count). The number of rotatable bonds is 8. The molecule has 3 aromatic carbocycles. The molecule has 7 heteroatoms. The van der Waals surface area contributed by atoms with Crippen LogP contribution < -0.4 is 20.1 Å². The summed E-state index contributed by atoms with van der Waals surface area (Å²) in [5.74, 6) is 0.850. The first-order valence-electron chi connectivity index (χ1n) is 11.4. The normalized spacial score (nSPS) is 14.6. The van der Waals surface area contributed by atoms with E-state index in [1.54, 1.807) is 38.5 Å². The van der Waals surface area contributed by atoms with Crippen molar-refractivity contribution < 1.29 is 19.1 Å². The molecule has 0 fully saturated rings. The van der Waals surface area contributed by atoms with Gasteiger partial charge in [0.05, 0.1) is 24.8 Å². The molecule has 0 bridgehead atoms. The number of hydrogen-bond donors (Lipinski definition) is 2. The summed E-state index contributed by atoms with van der Waals surface area (Å²) in [4.78, 5) is 27.0. The molecule has 0 spiro atoms. The molecule has 1 unspecified atom stereocenters. The Morgan fingerprint density at radius 1 is 1.03 bits per heavy atom. The second-order valence-corrected chi connectivity index (χ2v) is 9.37. The first-order chi connectivity index (χ1) is 17.0. The second kappa shape index (κ2) is 11.1. The van der Waals surface area contributed by atoms with Gasteiger partial charge in [-0.15, -0.1) is 0 Å². The van der Waals surface area contributed by atoms with Crippen LogP contribution >= 0.6 is 11.8 Å². The molecule has 35 heavy (non-hydrogen) atoms. The Kier molecular flexibility index (Phi) is 7.77. The summed E-state index contributed by atoms with van der Waals surface area (Å²) < 4.78 is 10.6. The third-order valence-corrected chi connectivity index (χ3v) is 6.82. The number of ether oxygens (including phenoxy) is 2. The van der Waals surface area contributed by atoms with Crippen LogP contribution in [0.4, 0.5) is 5.69 Å². The molecule has 0 radical (unpaired) electrons. The minimum atomic E-state index is -0.217. The van der Waals surface area contributed by atoms with Gasteiger partial charge in [0.1, 0.15) is 0 Å². The van der Waals surface area contributed by atoms with E-state index >= 15 is 0 Å². The fourth-order valence-corrected chi connectivity index (χ4v) is 4.73. The lowest BCUT2D eigenvalue weighted by atomic mass is 10.1. The zero-order chi connectivity index (χ0) is 24.8. The topological polar surface area (TPSA) is 76.7 Å². The molecule has 0 aliphatic carbocycles. The van der Waals surface area contributed by atoms with Gasteiger partial charge in [0, 0.05) is 16.5 Å². The molecule has 0 saturated carbocycles. The zero-order valence-corrected chi connectivity index (χ0v) is 20.8. The van der Waals surface area contributed by atoms with E-state index < -0.39 is 0 Å². The van der Waals surface area contributed by atoms with Crippen molar-refractivity contribution in [1.82, 2.24) is 5.32 Å². The minimum absolute atomic E-state index is 0.0266. The van der Waals surface area contributed by atoms with E-state index in [1.807, 2.05) is 43.3 Å². The molecule has 2 N–H and O–H groups in total. The number of carbonyl (C=O) groups is 2. The van der Waals surface area contributed by atoms with Gasteiger partial charge in [-0.2, -0.15) is 0 Å². The van der Waals surface area contributed by atoms with Gasteiger partial charge in [0.25, 0.3) is 11.8 Å². The standard InChI is InChI=1S/C28H28N2O4S/c1-18(9-10-19-7-5-4-6-8-19)29-27(31)21-12-14-25-22(17-21)30-28(32)26(35-25)16-20-11-13-23(33-2)24(15-20)34-3/h4-8,11-18H,9-10H2,1-3H3,(H,29,31)(H,30,32). The largest absolute Gasteiger partial charge is 0.493 e. The van der Waals surface area contributed by atoms with E-state index in [9.17, 15) is 9.59 Å². The van der Waals surface area contributed by atoms with Crippen molar-refractivity contribution in [1.29, 1.82) is 0 Å². The highest BCUT2D eigenvalue weighted by atomic mass is 32.2. The van der Waals surface area contributed by atoms with Gasteiger partial charge in [-0.25, -0.2) is 0 Å². The Morgan fingerprint density at radius 3 is 2.54 bits per heavy atom. The first kappa shape index (κ1) is 24.4. The molecule has 0 aromatic heterocycles. The first-order valence-corrected chi connectivity index (χ1v) is 12.2. The number of anilines is 1. The zero-order valence-electron chi connectivity index (χ0n) is 20.0. The Bertz CT molecular complexity index is 1260. The van der Waals surface area contributed by atoms with E-state index in [-0.39, 0.29) is 17.9 Å². The Hall–Kier alpha value is -3.71. The minimum Gasteiger partial charge on any atom is -0.493 e. The highest BCUT2D eigenvalue weighted by Crippen LogP contribution is 2.40. The summed E-state index contributed by atoms with van der Waals surface area (Å²) in [5.41, 5.74) is 3.22. The predicted molar refractivity (Wildman–Crippen MR) is 140 cm³/mol. The number of methoxy groups -OCH3 is 2. The summed E-state index contributed by atoms with van der Waals surface area (Å²) >= 11 is 1.37. The van der Waals surface area contributed by atoms with Gasteiger partial charge < -0.3 is 20.1 Å². The monoisotopic (exact) mass is 488 g/mol. The van der Waals surface area contributed by atoms with Crippen LogP contribution in [0.3, 0.4) is 0 Å². The number of amides is 2. The lowest BCUT2D eigenvalue weighted by Gasteiger charge is -2.20. The Labute approximate surface area is 209 Å². The Morgan fingerprint density at radius 2 is 1.80 bits per heavy atom. The van der Waals surface area contributed by atoms with Crippen LogP contribution in [0.5, 0.6) is 11.5 Å². The number of thioether (sulfide) groups is 1. The molecule has 2 amide bonds. The highest BCUT2D eigenvalue weighted by Gasteiger charge is 2.23. The number of hydrogen-bond acceptors (Lipinski definition) is 5.